The lowest BCUT2D eigenvalue weighted by Gasteiger charge is -2.39. The quantitative estimate of drug-likeness (QED) is 0.852. The lowest BCUT2D eigenvalue weighted by molar-refractivity contribution is -0.137. The van der Waals surface area contributed by atoms with Gasteiger partial charge in [-0.15, -0.1) is 0 Å². The molecule has 1 aromatic carbocycles. The smallest absolute Gasteiger partial charge is 0.416 e. The van der Waals surface area contributed by atoms with E-state index in [0.717, 1.165) is 12.1 Å². The molecular formula is C16H21F3N2O3. The third-order valence-electron chi connectivity index (χ3n) is 3.33. The van der Waals surface area contributed by atoms with E-state index in [1.807, 2.05) is 0 Å². The van der Waals surface area contributed by atoms with Gasteiger partial charge in [0.2, 0.25) is 0 Å². The number of carbonyl (C=O) groups is 1. The molecule has 2 N–H and O–H groups in total. The molecule has 1 amide bonds. The van der Waals surface area contributed by atoms with Crippen LogP contribution >= 0.6 is 0 Å². The number of benzene rings is 1. The van der Waals surface area contributed by atoms with Crippen molar-refractivity contribution in [1.29, 1.82) is 0 Å². The first kappa shape index (κ1) is 18.4. The fourth-order valence-corrected chi connectivity index (χ4v) is 2.20. The Kier molecular flexibility index (Phi) is 4.98. The number of halogens is 3. The number of nitrogens with two attached hydrogens (primary N) is 1. The van der Waals surface area contributed by atoms with Crippen LogP contribution in [-0.2, 0) is 22.3 Å². The largest absolute Gasteiger partial charge is 0.444 e. The van der Waals surface area contributed by atoms with Gasteiger partial charge < -0.3 is 20.1 Å². The predicted octanol–water partition coefficient (Wildman–Crippen LogP) is 3.42. The van der Waals surface area contributed by atoms with Crippen molar-refractivity contribution < 1.29 is 27.4 Å². The lowest BCUT2D eigenvalue weighted by Crippen LogP contribution is -2.55. The predicted molar refractivity (Wildman–Crippen MR) is 82.2 cm³/mol. The first-order valence-electron chi connectivity index (χ1n) is 7.50. The molecule has 0 aromatic heterocycles. The Morgan fingerprint density at radius 3 is 2.42 bits per heavy atom. The summed E-state index contributed by atoms with van der Waals surface area (Å²) in [4.78, 5) is 13.2. The number of nitrogens with zero attached hydrogens (tertiary/aromatic N) is 1. The van der Waals surface area contributed by atoms with Crippen LogP contribution in [0, 0.1) is 0 Å². The molecule has 134 valence electrons. The Hall–Kier alpha value is -1.96. The summed E-state index contributed by atoms with van der Waals surface area (Å²) >= 11 is 0. The van der Waals surface area contributed by atoms with E-state index >= 15 is 0 Å². The van der Waals surface area contributed by atoms with Crippen LogP contribution in [0.1, 0.15) is 31.9 Å². The molecule has 1 aromatic rings. The Balaban J connectivity index is 1.84. The van der Waals surface area contributed by atoms with Crippen LogP contribution in [0.25, 0.3) is 0 Å². The van der Waals surface area contributed by atoms with Gasteiger partial charge in [-0.1, -0.05) is 0 Å². The Morgan fingerprint density at radius 2 is 1.88 bits per heavy atom. The molecular weight excluding hydrogens is 325 g/mol. The minimum atomic E-state index is -4.45. The number of carbonyl (C=O) groups excluding carboxylic acids is 1. The highest BCUT2D eigenvalue weighted by Gasteiger charge is 2.35. The maximum atomic E-state index is 12.7. The number of hydrogen-bond donors (Lipinski definition) is 1. The molecule has 0 unspecified atom stereocenters. The zero-order valence-electron chi connectivity index (χ0n) is 13.8. The van der Waals surface area contributed by atoms with Gasteiger partial charge in [0.25, 0.3) is 0 Å². The van der Waals surface area contributed by atoms with Crippen molar-refractivity contribution in [3.05, 3.63) is 29.3 Å². The summed E-state index contributed by atoms with van der Waals surface area (Å²) in [6, 6.07) is 3.34. The summed E-state index contributed by atoms with van der Waals surface area (Å²) in [5.74, 6) is 0. The zero-order valence-corrected chi connectivity index (χ0v) is 13.8. The molecule has 0 aliphatic carbocycles. The summed E-state index contributed by atoms with van der Waals surface area (Å²) < 4.78 is 49.0. The maximum Gasteiger partial charge on any atom is 0.416 e. The zero-order chi connectivity index (χ0) is 18.1. The molecule has 0 spiro atoms. The van der Waals surface area contributed by atoms with Crippen molar-refractivity contribution in [1.82, 2.24) is 4.90 Å². The summed E-state index contributed by atoms with van der Waals surface area (Å²) in [6.45, 7) is 6.03. The van der Waals surface area contributed by atoms with E-state index in [9.17, 15) is 18.0 Å². The SMILES string of the molecule is CC(C)(C)OC(=O)N1CC(OCc2cc(N)cc(C(F)(F)F)c2)C1. The number of amides is 1. The van der Waals surface area contributed by atoms with Gasteiger partial charge in [-0.2, -0.15) is 13.2 Å². The molecule has 0 atom stereocenters. The molecule has 0 bridgehead atoms. The van der Waals surface area contributed by atoms with E-state index in [0.29, 0.717) is 18.7 Å². The fraction of sp³-hybridized carbons (Fsp3) is 0.562. The van der Waals surface area contributed by atoms with Crippen molar-refractivity contribution in [2.45, 2.75) is 45.3 Å². The number of nitrogen functional groups attached to an aromatic ring is 1. The van der Waals surface area contributed by atoms with Crippen LogP contribution in [0.2, 0.25) is 0 Å². The number of anilines is 1. The Bertz CT molecular complexity index is 606. The van der Waals surface area contributed by atoms with Gasteiger partial charge >= 0.3 is 12.3 Å². The van der Waals surface area contributed by atoms with Gasteiger partial charge in [0.15, 0.2) is 0 Å². The minimum absolute atomic E-state index is 0.000938. The summed E-state index contributed by atoms with van der Waals surface area (Å²) in [5.41, 5.74) is 4.51. The minimum Gasteiger partial charge on any atom is -0.444 e. The summed E-state index contributed by atoms with van der Waals surface area (Å²) in [6.07, 6.45) is -5.10. The second kappa shape index (κ2) is 6.51. The van der Waals surface area contributed by atoms with Gasteiger partial charge in [0.05, 0.1) is 31.4 Å². The van der Waals surface area contributed by atoms with Crippen LogP contribution in [0.5, 0.6) is 0 Å². The van der Waals surface area contributed by atoms with Gasteiger partial charge in [-0.05, 0) is 44.5 Å². The number of alkyl halides is 3. The molecule has 1 fully saturated rings. The standard InChI is InChI=1S/C16H21F3N2O3/c1-15(2,3)24-14(22)21-7-13(8-21)23-9-10-4-11(16(17,18)19)6-12(20)5-10/h4-6,13H,7-9,20H2,1-3H3. The number of rotatable bonds is 3. The molecule has 1 aliphatic rings. The molecule has 5 nitrogen and oxygen atoms in total. The third kappa shape index (κ3) is 5.02. The second-order valence-corrected chi connectivity index (χ2v) is 6.78. The van der Waals surface area contributed by atoms with Crippen molar-refractivity contribution in [3.8, 4) is 0 Å². The van der Waals surface area contributed by atoms with Gasteiger partial charge in [-0.3, -0.25) is 0 Å². The number of ether oxygens (including phenoxy) is 2. The van der Waals surface area contributed by atoms with Crippen molar-refractivity contribution >= 4 is 11.8 Å². The average molecular weight is 346 g/mol. The number of hydrogen-bond acceptors (Lipinski definition) is 4. The Labute approximate surface area is 138 Å². The molecule has 1 aliphatic heterocycles. The van der Waals surface area contributed by atoms with Crippen LogP contribution in [-0.4, -0.2) is 35.8 Å². The molecule has 24 heavy (non-hydrogen) atoms. The van der Waals surface area contributed by atoms with Crippen LogP contribution in [0.4, 0.5) is 23.7 Å². The normalized spacial score (nSPS) is 16.0. The first-order chi connectivity index (χ1) is 10.9. The van der Waals surface area contributed by atoms with E-state index in [1.165, 1.54) is 11.0 Å². The molecule has 1 heterocycles. The topological polar surface area (TPSA) is 64.8 Å². The lowest BCUT2D eigenvalue weighted by atomic mass is 10.1. The summed E-state index contributed by atoms with van der Waals surface area (Å²) in [5, 5.41) is 0. The Morgan fingerprint density at radius 1 is 1.25 bits per heavy atom. The van der Waals surface area contributed by atoms with Crippen LogP contribution in [0.15, 0.2) is 18.2 Å². The van der Waals surface area contributed by atoms with E-state index in [4.69, 9.17) is 15.2 Å². The third-order valence-corrected chi connectivity index (χ3v) is 3.33. The van der Waals surface area contributed by atoms with Gasteiger partial charge in [0.1, 0.15) is 5.60 Å². The summed E-state index contributed by atoms with van der Waals surface area (Å²) in [7, 11) is 0. The highest BCUT2D eigenvalue weighted by atomic mass is 19.4. The van der Waals surface area contributed by atoms with E-state index in [2.05, 4.69) is 0 Å². The molecule has 0 saturated carbocycles. The van der Waals surface area contributed by atoms with Gasteiger partial charge in [0, 0.05) is 5.69 Å². The number of likely N-dealkylation sites (tertiary alicyclic amines) is 1. The molecule has 1 saturated heterocycles. The van der Waals surface area contributed by atoms with E-state index < -0.39 is 23.4 Å². The van der Waals surface area contributed by atoms with Gasteiger partial charge in [-0.25, -0.2) is 4.79 Å². The van der Waals surface area contributed by atoms with Crippen molar-refractivity contribution in [2.24, 2.45) is 0 Å². The highest BCUT2D eigenvalue weighted by molar-refractivity contribution is 5.69. The monoisotopic (exact) mass is 346 g/mol. The van der Waals surface area contributed by atoms with Crippen molar-refractivity contribution in [2.75, 3.05) is 18.8 Å². The molecule has 8 heteroatoms. The van der Waals surface area contributed by atoms with E-state index in [1.54, 1.807) is 20.8 Å². The second-order valence-electron chi connectivity index (χ2n) is 6.78. The fourth-order valence-electron chi connectivity index (χ4n) is 2.20. The molecule has 2 rings (SSSR count). The molecule has 0 radical (unpaired) electrons. The van der Waals surface area contributed by atoms with Crippen LogP contribution in [0.3, 0.4) is 0 Å². The first-order valence-corrected chi connectivity index (χ1v) is 7.50. The van der Waals surface area contributed by atoms with Crippen molar-refractivity contribution in [3.63, 3.8) is 0 Å². The highest BCUT2D eigenvalue weighted by Crippen LogP contribution is 2.31. The van der Waals surface area contributed by atoms with Crippen LogP contribution < -0.4 is 5.73 Å². The average Bonchev–Trinajstić information content (AvgIpc) is 2.32. The van der Waals surface area contributed by atoms with E-state index in [-0.39, 0.29) is 18.4 Å². The maximum absolute atomic E-state index is 12.7.